The number of amides is 1. The van der Waals surface area contributed by atoms with E-state index in [-0.39, 0.29) is 29.8 Å². The second kappa shape index (κ2) is 5.97. The number of carbonyl (C=O) groups is 1. The van der Waals surface area contributed by atoms with Crippen molar-refractivity contribution in [2.75, 3.05) is 13.7 Å². The Kier molecular flexibility index (Phi) is 4.05. The van der Waals surface area contributed by atoms with Gasteiger partial charge in [0.1, 0.15) is 0 Å². The summed E-state index contributed by atoms with van der Waals surface area (Å²) in [6.07, 6.45) is 7.59. The molecule has 3 unspecified atom stereocenters. The maximum atomic E-state index is 12.6. The Balaban J connectivity index is 1.79. The van der Waals surface area contributed by atoms with Crippen LogP contribution in [0.1, 0.15) is 42.7 Å². The van der Waals surface area contributed by atoms with Crippen molar-refractivity contribution in [2.45, 2.75) is 44.2 Å². The first-order chi connectivity index (χ1) is 10.2. The zero-order valence-electron chi connectivity index (χ0n) is 12.2. The van der Waals surface area contributed by atoms with Crippen LogP contribution in [0.3, 0.4) is 0 Å². The number of rotatable bonds is 2. The highest BCUT2D eigenvalue weighted by Gasteiger charge is 2.41. The van der Waals surface area contributed by atoms with Gasteiger partial charge in [-0.1, -0.05) is 12.8 Å². The standard InChI is InChI=1S/C15H21N3O3/c1-21-10-8-16-14(17-9-10)15(20)18-7-6-13(19)11-4-2-3-5-12(11)18/h8-9,11-13,19H,2-7H2,1H3. The maximum Gasteiger partial charge on any atom is 0.291 e. The van der Waals surface area contributed by atoms with Crippen LogP contribution in [0.2, 0.25) is 0 Å². The molecule has 1 aromatic rings. The Bertz CT molecular complexity index is 505. The van der Waals surface area contributed by atoms with E-state index in [4.69, 9.17) is 4.74 Å². The lowest BCUT2D eigenvalue weighted by Crippen LogP contribution is -2.54. The third-order valence-electron chi connectivity index (χ3n) is 4.66. The number of ether oxygens (including phenoxy) is 1. The van der Waals surface area contributed by atoms with E-state index >= 15 is 0 Å². The fourth-order valence-corrected chi connectivity index (χ4v) is 3.54. The maximum absolute atomic E-state index is 12.6. The molecule has 114 valence electrons. The molecule has 1 amide bonds. The molecule has 0 spiro atoms. The number of aliphatic hydroxyl groups excluding tert-OH is 1. The minimum absolute atomic E-state index is 0.126. The molecule has 6 nitrogen and oxygen atoms in total. The van der Waals surface area contributed by atoms with E-state index in [1.807, 2.05) is 4.90 Å². The van der Waals surface area contributed by atoms with Crippen LogP contribution in [-0.4, -0.2) is 51.7 Å². The predicted molar refractivity (Wildman–Crippen MR) is 76.0 cm³/mol. The molecule has 1 aliphatic heterocycles. The average Bonchev–Trinajstić information content (AvgIpc) is 2.55. The second-order valence-electron chi connectivity index (χ2n) is 5.82. The van der Waals surface area contributed by atoms with Crippen LogP contribution in [0, 0.1) is 5.92 Å². The quantitative estimate of drug-likeness (QED) is 0.887. The molecule has 0 bridgehead atoms. The Hall–Kier alpha value is -1.69. The Morgan fingerprint density at radius 1 is 1.29 bits per heavy atom. The molecule has 0 aromatic carbocycles. The van der Waals surface area contributed by atoms with Gasteiger partial charge in [0.25, 0.3) is 5.91 Å². The average molecular weight is 291 g/mol. The first-order valence-electron chi connectivity index (χ1n) is 7.56. The third kappa shape index (κ3) is 2.72. The monoisotopic (exact) mass is 291 g/mol. The van der Waals surface area contributed by atoms with E-state index in [0.29, 0.717) is 18.7 Å². The van der Waals surface area contributed by atoms with E-state index in [0.717, 1.165) is 25.7 Å². The summed E-state index contributed by atoms with van der Waals surface area (Å²) in [5.41, 5.74) is 0. The Morgan fingerprint density at radius 3 is 2.71 bits per heavy atom. The smallest absolute Gasteiger partial charge is 0.291 e. The fraction of sp³-hybridized carbons (Fsp3) is 0.667. The number of nitrogens with zero attached hydrogens (tertiary/aromatic N) is 3. The number of carbonyl (C=O) groups excluding carboxylic acids is 1. The minimum atomic E-state index is -0.281. The summed E-state index contributed by atoms with van der Waals surface area (Å²) >= 11 is 0. The van der Waals surface area contributed by atoms with Gasteiger partial charge in [-0.15, -0.1) is 0 Å². The van der Waals surface area contributed by atoms with Crippen molar-refractivity contribution in [2.24, 2.45) is 5.92 Å². The molecule has 3 rings (SSSR count). The van der Waals surface area contributed by atoms with Crippen molar-refractivity contribution in [3.05, 3.63) is 18.2 Å². The van der Waals surface area contributed by atoms with Crippen LogP contribution in [-0.2, 0) is 0 Å². The number of methoxy groups -OCH3 is 1. The number of piperidine rings is 1. The summed E-state index contributed by atoms with van der Waals surface area (Å²) in [5.74, 6) is 0.809. The van der Waals surface area contributed by atoms with Crippen molar-refractivity contribution in [1.82, 2.24) is 14.9 Å². The summed E-state index contributed by atoms with van der Waals surface area (Å²) in [5, 5.41) is 10.2. The second-order valence-corrected chi connectivity index (χ2v) is 5.82. The minimum Gasteiger partial charge on any atom is -0.494 e. The Morgan fingerprint density at radius 2 is 2.00 bits per heavy atom. The summed E-state index contributed by atoms with van der Waals surface area (Å²) in [7, 11) is 1.54. The van der Waals surface area contributed by atoms with Gasteiger partial charge >= 0.3 is 0 Å². The molecule has 2 fully saturated rings. The van der Waals surface area contributed by atoms with E-state index in [9.17, 15) is 9.90 Å². The molecule has 1 N–H and O–H groups in total. The van der Waals surface area contributed by atoms with Crippen molar-refractivity contribution in [3.63, 3.8) is 0 Å². The molecule has 1 saturated heterocycles. The molecule has 0 radical (unpaired) electrons. The Labute approximate surface area is 124 Å². The number of fused-ring (bicyclic) bond motifs is 1. The number of likely N-dealkylation sites (tertiary alicyclic amines) is 1. The van der Waals surface area contributed by atoms with Gasteiger partial charge in [-0.3, -0.25) is 4.79 Å². The van der Waals surface area contributed by atoms with Gasteiger partial charge in [0.15, 0.2) is 5.75 Å². The van der Waals surface area contributed by atoms with Gasteiger partial charge < -0.3 is 14.7 Å². The summed E-state index contributed by atoms with van der Waals surface area (Å²) < 4.78 is 5.01. The lowest BCUT2D eigenvalue weighted by atomic mass is 9.76. The molecule has 1 saturated carbocycles. The van der Waals surface area contributed by atoms with Gasteiger partial charge in [-0.25, -0.2) is 9.97 Å². The molecule has 1 aromatic heterocycles. The zero-order chi connectivity index (χ0) is 14.8. The van der Waals surface area contributed by atoms with Crippen LogP contribution in [0.4, 0.5) is 0 Å². The SMILES string of the molecule is COc1cnc(C(=O)N2CCC(O)C3CCCCC32)nc1. The highest BCUT2D eigenvalue weighted by molar-refractivity contribution is 5.90. The molecular formula is C15H21N3O3. The van der Waals surface area contributed by atoms with Crippen LogP contribution in [0.25, 0.3) is 0 Å². The fourth-order valence-electron chi connectivity index (χ4n) is 3.54. The highest BCUT2D eigenvalue weighted by Crippen LogP contribution is 2.36. The largest absolute Gasteiger partial charge is 0.494 e. The number of aliphatic hydroxyl groups is 1. The summed E-state index contributed by atoms with van der Waals surface area (Å²) in [4.78, 5) is 22.7. The lowest BCUT2D eigenvalue weighted by Gasteiger charge is -2.46. The van der Waals surface area contributed by atoms with Crippen molar-refractivity contribution in [3.8, 4) is 5.75 Å². The van der Waals surface area contributed by atoms with Gasteiger partial charge in [0.05, 0.1) is 25.6 Å². The van der Waals surface area contributed by atoms with Gasteiger partial charge in [-0.2, -0.15) is 0 Å². The molecular weight excluding hydrogens is 270 g/mol. The number of aromatic nitrogens is 2. The van der Waals surface area contributed by atoms with Crippen LogP contribution < -0.4 is 4.74 Å². The molecule has 2 aliphatic rings. The third-order valence-corrected chi connectivity index (χ3v) is 4.66. The van der Waals surface area contributed by atoms with Gasteiger partial charge in [0, 0.05) is 18.5 Å². The predicted octanol–water partition coefficient (Wildman–Crippen LogP) is 1.25. The van der Waals surface area contributed by atoms with E-state index in [1.165, 1.54) is 12.4 Å². The summed E-state index contributed by atoms with van der Waals surface area (Å²) in [6, 6.07) is 0.126. The highest BCUT2D eigenvalue weighted by atomic mass is 16.5. The summed E-state index contributed by atoms with van der Waals surface area (Å²) in [6.45, 7) is 0.580. The molecule has 1 aliphatic carbocycles. The van der Waals surface area contributed by atoms with Crippen molar-refractivity contribution < 1.29 is 14.6 Å². The topological polar surface area (TPSA) is 75.5 Å². The first-order valence-corrected chi connectivity index (χ1v) is 7.56. The van der Waals surface area contributed by atoms with Gasteiger partial charge in [0.2, 0.25) is 5.82 Å². The van der Waals surface area contributed by atoms with Crippen molar-refractivity contribution >= 4 is 5.91 Å². The zero-order valence-corrected chi connectivity index (χ0v) is 12.2. The van der Waals surface area contributed by atoms with Crippen molar-refractivity contribution in [1.29, 1.82) is 0 Å². The normalized spacial score (nSPS) is 28.9. The molecule has 6 heteroatoms. The lowest BCUT2D eigenvalue weighted by molar-refractivity contribution is -0.0266. The van der Waals surface area contributed by atoms with Crippen LogP contribution >= 0.6 is 0 Å². The van der Waals surface area contributed by atoms with E-state index in [1.54, 1.807) is 7.11 Å². The first kappa shape index (κ1) is 14.3. The van der Waals surface area contributed by atoms with E-state index in [2.05, 4.69) is 9.97 Å². The van der Waals surface area contributed by atoms with Crippen LogP contribution in [0.15, 0.2) is 12.4 Å². The van der Waals surface area contributed by atoms with Crippen LogP contribution in [0.5, 0.6) is 5.75 Å². The number of hydrogen-bond donors (Lipinski definition) is 1. The molecule has 2 heterocycles. The van der Waals surface area contributed by atoms with Gasteiger partial charge in [-0.05, 0) is 19.3 Å². The number of hydrogen-bond acceptors (Lipinski definition) is 5. The molecule has 21 heavy (non-hydrogen) atoms. The molecule has 3 atom stereocenters. The van der Waals surface area contributed by atoms with E-state index < -0.39 is 0 Å².